The zero-order valence-corrected chi connectivity index (χ0v) is 10.2. The van der Waals surface area contributed by atoms with Gasteiger partial charge in [-0.15, -0.1) is 0 Å². The van der Waals surface area contributed by atoms with Crippen LogP contribution in [0.5, 0.6) is 0 Å². The van der Waals surface area contributed by atoms with Gasteiger partial charge in [-0.25, -0.2) is 0 Å². The van der Waals surface area contributed by atoms with Crippen LogP contribution in [-0.4, -0.2) is 18.0 Å². The fraction of sp³-hybridized carbons (Fsp3) is 0.538. The largest absolute Gasteiger partial charge is 0.299 e. The lowest BCUT2D eigenvalue weighted by Crippen LogP contribution is -2.30. The summed E-state index contributed by atoms with van der Waals surface area (Å²) in [5.41, 5.74) is 1.30. The van der Waals surface area contributed by atoms with Gasteiger partial charge in [0.2, 0.25) is 0 Å². The van der Waals surface area contributed by atoms with E-state index in [1.807, 2.05) is 12.1 Å². The van der Waals surface area contributed by atoms with Gasteiger partial charge in [-0.1, -0.05) is 23.7 Å². The second-order valence-electron chi connectivity index (χ2n) is 4.62. The average molecular weight is 224 g/mol. The molecule has 0 bridgehead atoms. The second kappa shape index (κ2) is 4.54. The summed E-state index contributed by atoms with van der Waals surface area (Å²) in [7, 11) is 2.20. The Kier molecular flexibility index (Phi) is 3.32. The first-order chi connectivity index (χ1) is 7.16. The number of nitrogens with zero attached hydrogens (tertiary/aromatic N) is 1. The van der Waals surface area contributed by atoms with Crippen molar-refractivity contribution in [3.63, 3.8) is 0 Å². The Morgan fingerprint density at radius 1 is 1.47 bits per heavy atom. The molecule has 1 aromatic rings. The van der Waals surface area contributed by atoms with Crippen LogP contribution in [0.25, 0.3) is 0 Å². The molecule has 82 valence electrons. The van der Waals surface area contributed by atoms with E-state index >= 15 is 0 Å². The lowest BCUT2D eigenvalue weighted by molar-refractivity contribution is 0.226. The second-order valence-corrected chi connectivity index (χ2v) is 5.06. The summed E-state index contributed by atoms with van der Waals surface area (Å²) in [6.45, 7) is 3.32. The maximum Gasteiger partial charge on any atom is 0.0409 e. The van der Waals surface area contributed by atoms with Gasteiger partial charge in [0.25, 0.3) is 0 Å². The SMILES string of the molecule is CC(C1CC1)N(C)Cc1cccc(Cl)c1. The summed E-state index contributed by atoms with van der Waals surface area (Å²) >= 11 is 5.96. The zero-order valence-electron chi connectivity index (χ0n) is 9.41. The van der Waals surface area contributed by atoms with Crippen LogP contribution >= 0.6 is 11.6 Å². The number of hydrogen-bond donors (Lipinski definition) is 0. The molecule has 1 fully saturated rings. The Bertz CT molecular complexity index is 333. The van der Waals surface area contributed by atoms with Crippen molar-refractivity contribution >= 4 is 11.6 Å². The molecule has 0 aliphatic heterocycles. The van der Waals surface area contributed by atoms with Crippen molar-refractivity contribution in [2.24, 2.45) is 5.92 Å². The number of halogens is 1. The van der Waals surface area contributed by atoms with Crippen LogP contribution in [0.4, 0.5) is 0 Å². The first kappa shape index (κ1) is 11.0. The van der Waals surface area contributed by atoms with E-state index < -0.39 is 0 Å². The average Bonchev–Trinajstić information content (AvgIpc) is 2.99. The number of hydrogen-bond acceptors (Lipinski definition) is 1. The van der Waals surface area contributed by atoms with Crippen LogP contribution in [0.1, 0.15) is 25.3 Å². The van der Waals surface area contributed by atoms with Crippen molar-refractivity contribution in [3.8, 4) is 0 Å². The van der Waals surface area contributed by atoms with E-state index in [-0.39, 0.29) is 0 Å². The van der Waals surface area contributed by atoms with Crippen LogP contribution in [0.15, 0.2) is 24.3 Å². The minimum atomic E-state index is 0.698. The van der Waals surface area contributed by atoms with Crippen molar-refractivity contribution in [2.75, 3.05) is 7.05 Å². The summed E-state index contributed by atoms with van der Waals surface area (Å²) in [4.78, 5) is 2.42. The molecule has 0 heterocycles. The smallest absolute Gasteiger partial charge is 0.0409 e. The summed E-state index contributed by atoms with van der Waals surface area (Å²) in [5.74, 6) is 0.925. The summed E-state index contributed by atoms with van der Waals surface area (Å²) in [5, 5.41) is 0.833. The van der Waals surface area contributed by atoms with Crippen LogP contribution in [-0.2, 0) is 6.54 Å². The van der Waals surface area contributed by atoms with Crippen molar-refractivity contribution < 1.29 is 0 Å². The highest BCUT2D eigenvalue weighted by molar-refractivity contribution is 6.30. The van der Waals surface area contributed by atoms with Gasteiger partial charge < -0.3 is 0 Å². The monoisotopic (exact) mass is 223 g/mol. The molecule has 1 saturated carbocycles. The van der Waals surface area contributed by atoms with E-state index in [1.54, 1.807) is 0 Å². The van der Waals surface area contributed by atoms with Gasteiger partial charge >= 0.3 is 0 Å². The molecule has 1 aliphatic carbocycles. The fourth-order valence-corrected chi connectivity index (χ4v) is 2.22. The van der Waals surface area contributed by atoms with E-state index in [4.69, 9.17) is 11.6 Å². The summed E-state index contributed by atoms with van der Waals surface area (Å²) in [6, 6.07) is 8.84. The molecule has 1 unspecified atom stereocenters. The minimum Gasteiger partial charge on any atom is -0.299 e. The van der Waals surface area contributed by atoms with Gasteiger partial charge in [0, 0.05) is 17.6 Å². The van der Waals surface area contributed by atoms with Gasteiger partial charge in [-0.05, 0) is 50.4 Å². The van der Waals surface area contributed by atoms with Gasteiger partial charge in [-0.3, -0.25) is 4.90 Å². The van der Waals surface area contributed by atoms with Gasteiger partial charge in [-0.2, -0.15) is 0 Å². The quantitative estimate of drug-likeness (QED) is 0.755. The maximum absolute atomic E-state index is 5.96. The molecular formula is C13H18ClN. The number of rotatable bonds is 4. The topological polar surface area (TPSA) is 3.24 Å². The normalized spacial score (nSPS) is 18.1. The molecule has 0 aromatic heterocycles. The fourth-order valence-electron chi connectivity index (χ4n) is 2.01. The summed E-state index contributed by atoms with van der Waals surface area (Å²) < 4.78 is 0. The van der Waals surface area contributed by atoms with E-state index in [0.717, 1.165) is 17.5 Å². The Morgan fingerprint density at radius 2 is 2.20 bits per heavy atom. The minimum absolute atomic E-state index is 0.698. The van der Waals surface area contributed by atoms with Crippen molar-refractivity contribution in [3.05, 3.63) is 34.9 Å². The molecule has 15 heavy (non-hydrogen) atoms. The first-order valence-corrected chi connectivity index (χ1v) is 5.99. The van der Waals surface area contributed by atoms with Crippen LogP contribution in [0.3, 0.4) is 0 Å². The van der Waals surface area contributed by atoms with Gasteiger partial charge in [0.1, 0.15) is 0 Å². The lowest BCUT2D eigenvalue weighted by Gasteiger charge is -2.24. The Labute approximate surface area is 97.0 Å². The molecule has 0 amide bonds. The van der Waals surface area contributed by atoms with Gasteiger partial charge in [0.15, 0.2) is 0 Å². The Balaban J connectivity index is 1.95. The standard InChI is InChI=1S/C13H18ClN/c1-10(12-6-7-12)15(2)9-11-4-3-5-13(14)8-11/h3-5,8,10,12H,6-7,9H2,1-2H3. The van der Waals surface area contributed by atoms with E-state index in [1.165, 1.54) is 18.4 Å². The number of benzene rings is 1. The van der Waals surface area contributed by atoms with Crippen molar-refractivity contribution in [2.45, 2.75) is 32.4 Å². The molecular weight excluding hydrogens is 206 g/mol. The molecule has 0 radical (unpaired) electrons. The van der Waals surface area contributed by atoms with E-state index in [9.17, 15) is 0 Å². The zero-order chi connectivity index (χ0) is 10.8. The maximum atomic E-state index is 5.96. The molecule has 1 atom stereocenters. The van der Waals surface area contributed by atoms with Crippen LogP contribution < -0.4 is 0 Å². The van der Waals surface area contributed by atoms with Crippen LogP contribution in [0.2, 0.25) is 5.02 Å². The molecule has 0 saturated heterocycles. The lowest BCUT2D eigenvalue weighted by atomic mass is 10.1. The highest BCUT2D eigenvalue weighted by Gasteiger charge is 2.30. The highest BCUT2D eigenvalue weighted by Crippen LogP contribution is 2.35. The molecule has 1 aliphatic rings. The van der Waals surface area contributed by atoms with Crippen molar-refractivity contribution in [1.29, 1.82) is 0 Å². The third-order valence-corrected chi connectivity index (χ3v) is 3.56. The Hall–Kier alpha value is -0.530. The molecule has 1 aromatic carbocycles. The van der Waals surface area contributed by atoms with E-state index in [2.05, 4.69) is 31.0 Å². The molecule has 2 heteroatoms. The van der Waals surface area contributed by atoms with Crippen molar-refractivity contribution in [1.82, 2.24) is 4.90 Å². The van der Waals surface area contributed by atoms with Gasteiger partial charge in [0.05, 0.1) is 0 Å². The third-order valence-electron chi connectivity index (χ3n) is 3.32. The van der Waals surface area contributed by atoms with Crippen LogP contribution in [0, 0.1) is 5.92 Å². The molecule has 0 spiro atoms. The highest BCUT2D eigenvalue weighted by atomic mass is 35.5. The molecule has 1 nitrogen and oxygen atoms in total. The predicted octanol–water partition coefficient (Wildman–Crippen LogP) is 3.57. The Morgan fingerprint density at radius 3 is 2.80 bits per heavy atom. The summed E-state index contributed by atoms with van der Waals surface area (Å²) in [6.07, 6.45) is 2.81. The third kappa shape index (κ3) is 2.96. The first-order valence-electron chi connectivity index (χ1n) is 5.61. The molecule has 2 rings (SSSR count). The van der Waals surface area contributed by atoms with E-state index in [0.29, 0.717) is 6.04 Å². The molecule has 0 N–H and O–H groups in total. The predicted molar refractivity (Wildman–Crippen MR) is 65.1 cm³/mol.